The molecule has 5 heteroatoms. The van der Waals surface area contributed by atoms with Crippen LogP contribution in [0.25, 0.3) is 10.2 Å². The van der Waals surface area contributed by atoms with E-state index < -0.39 is 0 Å². The SMILES string of the molecule is CN(C(=O)CSc1nc2ccccc2s1)[C@H]1CCc2ccccc21. The molecular formula is C19H18N2OS2. The number of hydrogen-bond donors (Lipinski definition) is 0. The second-order valence-corrected chi connectivity index (χ2v) is 8.25. The van der Waals surface area contributed by atoms with Crippen LogP contribution in [-0.4, -0.2) is 28.6 Å². The first kappa shape index (κ1) is 15.7. The number of benzene rings is 2. The van der Waals surface area contributed by atoms with Crippen molar-refractivity contribution in [2.24, 2.45) is 0 Å². The van der Waals surface area contributed by atoms with Crippen molar-refractivity contribution in [3.63, 3.8) is 0 Å². The first-order chi connectivity index (χ1) is 11.7. The first-order valence-corrected chi connectivity index (χ1v) is 9.84. The van der Waals surface area contributed by atoms with E-state index in [1.54, 1.807) is 11.3 Å². The molecule has 0 fully saturated rings. The van der Waals surface area contributed by atoms with E-state index in [-0.39, 0.29) is 11.9 Å². The molecule has 0 N–H and O–H groups in total. The van der Waals surface area contributed by atoms with Crippen molar-refractivity contribution in [1.82, 2.24) is 9.88 Å². The summed E-state index contributed by atoms with van der Waals surface area (Å²) in [5.41, 5.74) is 3.69. The number of para-hydroxylation sites is 1. The number of nitrogens with zero attached hydrogens (tertiary/aromatic N) is 2. The molecule has 1 aliphatic carbocycles. The summed E-state index contributed by atoms with van der Waals surface area (Å²) in [7, 11) is 1.92. The highest BCUT2D eigenvalue weighted by Crippen LogP contribution is 2.35. The summed E-state index contributed by atoms with van der Waals surface area (Å²) >= 11 is 3.19. The zero-order valence-corrected chi connectivity index (χ0v) is 15.1. The van der Waals surface area contributed by atoms with Crippen LogP contribution in [0.3, 0.4) is 0 Å². The van der Waals surface area contributed by atoms with Gasteiger partial charge in [0.2, 0.25) is 5.91 Å². The number of carbonyl (C=O) groups is 1. The Bertz CT molecular complexity index is 857. The minimum absolute atomic E-state index is 0.168. The van der Waals surface area contributed by atoms with E-state index in [4.69, 9.17) is 0 Å². The monoisotopic (exact) mass is 354 g/mol. The number of rotatable bonds is 4. The van der Waals surface area contributed by atoms with Gasteiger partial charge in [0, 0.05) is 7.05 Å². The average Bonchev–Trinajstić information content (AvgIpc) is 3.22. The molecule has 0 saturated heterocycles. The Morgan fingerprint density at radius 2 is 2.04 bits per heavy atom. The lowest BCUT2D eigenvalue weighted by Crippen LogP contribution is -2.31. The van der Waals surface area contributed by atoms with E-state index in [0.29, 0.717) is 5.75 Å². The fourth-order valence-electron chi connectivity index (χ4n) is 3.25. The zero-order valence-electron chi connectivity index (χ0n) is 13.4. The highest BCUT2D eigenvalue weighted by Gasteiger charge is 2.28. The first-order valence-electron chi connectivity index (χ1n) is 8.04. The molecule has 0 unspecified atom stereocenters. The van der Waals surface area contributed by atoms with E-state index in [2.05, 4.69) is 35.3 Å². The third-order valence-corrected chi connectivity index (χ3v) is 6.72. The predicted molar refractivity (Wildman–Crippen MR) is 101 cm³/mol. The van der Waals surface area contributed by atoms with Crippen molar-refractivity contribution in [2.75, 3.05) is 12.8 Å². The maximum atomic E-state index is 12.6. The van der Waals surface area contributed by atoms with Crippen LogP contribution in [0.1, 0.15) is 23.6 Å². The van der Waals surface area contributed by atoms with Crippen molar-refractivity contribution in [1.29, 1.82) is 0 Å². The maximum absolute atomic E-state index is 12.6. The van der Waals surface area contributed by atoms with Crippen molar-refractivity contribution in [3.05, 3.63) is 59.7 Å². The van der Waals surface area contributed by atoms with Crippen LogP contribution < -0.4 is 0 Å². The molecule has 122 valence electrons. The highest BCUT2D eigenvalue weighted by atomic mass is 32.2. The maximum Gasteiger partial charge on any atom is 0.233 e. The summed E-state index contributed by atoms with van der Waals surface area (Å²) in [4.78, 5) is 19.1. The van der Waals surface area contributed by atoms with Crippen LogP contribution in [0.4, 0.5) is 0 Å². The minimum atomic E-state index is 0.168. The molecular weight excluding hydrogens is 336 g/mol. The minimum Gasteiger partial charge on any atom is -0.338 e. The van der Waals surface area contributed by atoms with Gasteiger partial charge < -0.3 is 4.90 Å². The lowest BCUT2D eigenvalue weighted by Gasteiger charge is -2.25. The van der Waals surface area contributed by atoms with Gasteiger partial charge in [-0.1, -0.05) is 48.2 Å². The number of aromatic nitrogens is 1. The topological polar surface area (TPSA) is 33.2 Å². The largest absolute Gasteiger partial charge is 0.338 e. The van der Waals surface area contributed by atoms with E-state index >= 15 is 0 Å². The van der Waals surface area contributed by atoms with Crippen LogP contribution in [-0.2, 0) is 11.2 Å². The molecule has 0 radical (unpaired) electrons. The summed E-state index contributed by atoms with van der Waals surface area (Å²) in [5.74, 6) is 0.607. The Labute approximate surface area is 149 Å². The summed E-state index contributed by atoms with van der Waals surface area (Å²) in [5, 5.41) is 0. The normalized spacial score (nSPS) is 16.3. The molecule has 1 amide bonds. The number of carbonyl (C=O) groups excluding carboxylic acids is 1. The molecule has 0 bridgehead atoms. The van der Waals surface area contributed by atoms with Crippen LogP contribution in [0.15, 0.2) is 52.9 Å². The van der Waals surface area contributed by atoms with Gasteiger partial charge in [-0.05, 0) is 36.1 Å². The summed E-state index contributed by atoms with van der Waals surface area (Å²) in [6.45, 7) is 0. The summed E-state index contributed by atoms with van der Waals surface area (Å²) in [6.07, 6.45) is 2.08. The van der Waals surface area contributed by atoms with E-state index in [9.17, 15) is 4.79 Å². The predicted octanol–water partition coefficient (Wildman–Crippen LogP) is 4.53. The Balaban J connectivity index is 1.43. The Morgan fingerprint density at radius 1 is 1.25 bits per heavy atom. The van der Waals surface area contributed by atoms with E-state index in [1.165, 1.54) is 27.6 Å². The van der Waals surface area contributed by atoms with Gasteiger partial charge >= 0.3 is 0 Å². The Morgan fingerprint density at radius 3 is 2.92 bits per heavy atom. The zero-order chi connectivity index (χ0) is 16.5. The van der Waals surface area contributed by atoms with Gasteiger partial charge in [-0.25, -0.2) is 4.98 Å². The lowest BCUT2D eigenvalue weighted by atomic mass is 10.1. The van der Waals surface area contributed by atoms with Crippen molar-refractivity contribution in [2.45, 2.75) is 23.2 Å². The molecule has 24 heavy (non-hydrogen) atoms. The van der Waals surface area contributed by atoms with Crippen LogP contribution in [0, 0.1) is 0 Å². The van der Waals surface area contributed by atoms with Gasteiger partial charge in [-0.3, -0.25) is 4.79 Å². The third-order valence-electron chi connectivity index (χ3n) is 4.56. The van der Waals surface area contributed by atoms with Gasteiger partial charge in [-0.15, -0.1) is 11.3 Å². The van der Waals surface area contributed by atoms with E-state index in [0.717, 1.165) is 22.7 Å². The van der Waals surface area contributed by atoms with Gasteiger partial charge in [-0.2, -0.15) is 0 Å². The van der Waals surface area contributed by atoms with Gasteiger partial charge in [0.1, 0.15) is 0 Å². The van der Waals surface area contributed by atoms with Crippen LogP contribution >= 0.6 is 23.1 Å². The molecule has 1 atom stereocenters. The van der Waals surface area contributed by atoms with Crippen molar-refractivity contribution >= 4 is 39.2 Å². The van der Waals surface area contributed by atoms with Crippen molar-refractivity contribution in [3.8, 4) is 0 Å². The summed E-state index contributed by atoms with van der Waals surface area (Å²) < 4.78 is 2.13. The van der Waals surface area contributed by atoms with Gasteiger partial charge in [0.15, 0.2) is 4.34 Å². The molecule has 2 aromatic carbocycles. The van der Waals surface area contributed by atoms with Crippen LogP contribution in [0.2, 0.25) is 0 Å². The molecule has 3 aromatic rings. The number of fused-ring (bicyclic) bond motifs is 2. The fourth-order valence-corrected chi connectivity index (χ4v) is 5.24. The Hall–Kier alpha value is -1.85. The lowest BCUT2D eigenvalue weighted by molar-refractivity contribution is -0.129. The molecule has 0 spiro atoms. The Kier molecular flexibility index (Phi) is 4.29. The van der Waals surface area contributed by atoms with Crippen molar-refractivity contribution < 1.29 is 4.79 Å². The molecule has 1 aromatic heterocycles. The summed E-state index contributed by atoms with van der Waals surface area (Å²) in [6, 6.07) is 16.8. The fraction of sp³-hybridized carbons (Fsp3) is 0.263. The molecule has 0 saturated carbocycles. The van der Waals surface area contributed by atoms with E-state index in [1.807, 2.05) is 30.1 Å². The number of amides is 1. The van der Waals surface area contributed by atoms with Gasteiger partial charge in [0.05, 0.1) is 22.0 Å². The van der Waals surface area contributed by atoms with Crippen LogP contribution in [0.5, 0.6) is 0 Å². The third kappa shape index (κ3) is 2.94. The number of aryl methyl sites for hydroxylation is 1. The molecule has 0 aliphatic heterocycles. The number of hydrogen-bond acceptors (Lipinski definition) is 4. The molecule has 1 aliphatic rings. The highest BCUT2D eigenvalue weighted by molar-refractivity contribution is 8.01. The second-order valence-electron chi connectivity index (χ2n) is 5.99. The standard InChI is InChI=1S/C19H18N2OS2/c1-21(16-11-10-13-6-2-3-7-14(13)16)18(22)12-23-19-20-15-8-4-5-9-17(15)24-19/h2-9,16H,10-12H2,1H3/t16-/m0/s1. The smallest absolute Gasteiger partial charge is 0.233 e. The molecule has 1 heterocycles. The average molecular weight is 355 g/mol. The quantitative estimate of drug-likeness (QED) is 0.645. The molecule has 4 rings (SSSR count). The second kappa shape index (κ2) is 6.57. The number of thioether (sulfide) groups is 1. The van der Waals surface area contributed by atoms with Gasteiger partial charge in [0.25, 0.3) is 0 Å². The molecule has 3 nitrogen and oxygen atoms in total. The number of thiazole rings is 1.